The molecule has 1 heterocycles. The maximum atomic E-state index is 13.1. The largest absolute Gasteiger partial charge is 0.338 e. The van der Waals surface area contributed by atoms with Crippen LogP contribution in [0.4, 0.5) is 8.78 Å². The lowest BCUT2D eigenvalue weighted by Gasteiger charge is -1.98. The number of hydrogen-bond acceptors (Lipinski definition) is 2. The average Bonchev–Trinajstić information content (AvgIpc) is 2.82. The van der Waals surface area contributed by atoms with Gasteiger partial charge in [0.05, 0.1) is 11.0 Å². The van der Waals surface area contributed by atoms with Gasteiger partial charge < -0.3 is 10.7 Å². The summed E-state index contributed by atoms with van der Waals surface area (Å²) in [6, 6.07) is 9.71. The third-order valence-electron chi connectivity index (χ3n) is 2.99. The Hall–Kier alpha value is -2.27. The normalized spacial score (nSPS) is 11.1. The molecular formula is C14H11F2N3. The quantitative estimate of drug-likeness (QED) is 0.743. The van der Waals surface area contributed by atoms with Crippen molar-refractivity contribution in [1.29, 1.82) is 0 Å². The first-order chi connectivity index (χ1) is 9.17. The van der Waals surface area contributed by atoms with E-state index in [1.54, 1.807) is 0 Å². The maximum absolute atomic E-state index is 13.1. The molecule has 0 amide bonds. The first-order valence-electron chi connectivity index (χ1n) is 5.81. The van der Waals surface area contributed by atoms with Gasteiger partial charge in [-0.2, -0.15) is 0 Å². The molecule has 3 aromatic rings. The summed E-state index contributed by atoms with van der Waals surface area (Å²) in [5, 5.41) is 0. The van der Waals surface area contributed by atoms with Crippen molar-refractivity contribution in [3.05, 3.63) is 53.6 Å². The lowest BCUT2D eigenvalue weighted by molar-refractivity contribution is 0.510. The smallest absolute Gasteiger partial charge is 0.161 e. The molecule has 5 heteroatoms. The summed E-state index contributed by atoms with van der Waals surface area (Å²) in [4.78, 5) is 7.22. The van der Waals surface area contributed by atoms with Gasteiger partial charge in [0.1, 0.15) is 5.82 Å². The second kappa shape index (κ2) is 4.44. The average molecular weight is 259 g/mol. The third kappa shape index (κ3) is 2.08. The standard InChI is InChI=1S/C14H11F2N3/c15-10-5-12-13(6-11(10)16)19-14(18-12)9-3-1-8(7-17)2-4-9/h1-6H,7,17H2,(H,18,19). The van der Waals surface area contributed by atoms with Crippen LogP contribution < -0.4 is 5.73 Å². The number of halogens is 2. The molecule has 0 bridgehead atoms. The van der Waals surface area contributed by atoms with Crippen molar-refractivity contribution >= 4 is 11.0 Å². The summed E-state index contributed by atoms with van der Waals surface area (Å²) in [5.74, 6) is -1.21. The number of rotatable bonds is 2. The molecular weight excluding hydrogens is 248 g/mol. The fraction of sp³-hybridized carbons (Fsp3) is 0.0714. The Labute approximate surface area is 108 Å². The molecule has 19 heavy (non-hydrogen) atoms. The van der Waals surface area contributed by atoms with E-state index in [1.165, 1.54) is 0 Å². The highest BCUT2D eigenvalue weighted by atomic mass is 19.2. The number of nitrogens with zero attached hydrogens (tertiary/aromatic N) is 1. The van der Waals surface area contributed by atoms with E-state index < -0.39 is 11.6 Å². The van der Waals surface area contributed by atoms with Crippen molar-refractivity contribution < 1.29 is 8.78 Å². The maximum Gasteiger partial charge on any atom is 0.161 e. The summed E-state index contributed by atoms with van der Waals surface area (Å²) in [5.41, 5.74) is 8.25. The molecule has 0 saturated carbocycles. The molecule has 0 aliphatic rings. The SMILES string of the molecule is NCc1ccc(-c2nc3cc(F)c(F)cc3[nH]2)cc1. The highest BCUT2D eigenvalue weighted by Crippen LogP contribution is 2.22. The van der Waals surface area contributed by atoms with Crippen LogP contribution in [-0.4, -0.2) is 9.97 Å². The van der Waals surface area contributed by atoms with Gasteiger partial charge in [0, 0.05) is 24.2 Å². The molecule has 0 aliphatic heterocycles. The van der Waals surface area contributed by atoms with Crippen LogP contribution in [0.25, 0.3) is 22.4 Å². The first kappa shape index (κ1) is 11.8. The summed E-state index contributed by atoms with van der Waals surface area (Å²) in [7, 11) is 0. The van der Waals surface area contributed by atoms with E-state index in [2.05, 4.69) is 9.97 Å². The topological polar surface area (TPSA) is 54.7 Å². The number of fused-ring (bicyclic) bond motifs is 1. The molecule has 0 atom stereocenters. The van der Waals surface area contributed by atoms with Crippen LogP contribution >= 0.6 is 0 Å². The Kier molecular flexibility index (Phi) is 2.76. The van der Waals surface area contributed by atoms with Gasteiger partial charge in [-0.1, -0.05) is 24.3 Å². The molecule has 1 aromatic heterocycles. The molecule has 3 nitrogen and oxygen atoms in total. The van der Waals surface area contributed by atoms with E-state index >= 15 is 0 Å². The van der Waals surface area contributed by atoms with Gasteiger partial charge in [-0.3, -0.25) is 0 Å². The highest BCUT2D eigenvalue weighted by molar-refractivity contribution is 5.79. The predicted octanol–water partition coefficient (Wildman–Crippen LogP) is 2.97. The van der Waals surface area contributed by atoms with Gasteiger partial charge in [-0.25, -0.2) is 13.8 Å². The highest BCUT2D eigenvalue weighted by Gasteiger charge is 2.09. The number of H-pyrrole nitrogens is 1. The van der Waals surface area contributed by atoms with Crippen molar-refractivity contribution in [2.45, 2.75) is 6.54 Å². The van der Waals surface area contributed by atoms with Crippen LogP contribution in [0.1, 0.15) is 5.56 Å². The zero-order chi connectivity index (χ0) is 13.4. The van der Waals surface area contributed by atoms with Crippen LogP contribution in [0.2, 0.25) is 0 Å². The molecule has 2 aromatic carbocycles. The van der Waals surface area contributed by atoms with Gasteiger partial charge in [-0.15, -0.1) is 0 Å². The van der Waals surface area contributed by atoms with E-state index in [9.17, 15) is 8.78 Å². The van der Waals surface area contributed by atoms with Gasteiger partial charge in [0.15, 0.2) is 11.6 Å². The number of nitrogens with one attached hydrogen (secondary N) is 1. The Balaban J connectivity index is 2.09. The number of imidazole rings is 1. The van der Waals surface area contributed by atoms with E-state index in [0.717, 1.165) is 23.3 Å². The monoisotopic (exact) mass is 259 g/mol. The van der Waals surface area contributed by atoms with Gasteiger partial charge in [0.25, 0.3) is 0 Å². The van der Waals surface area contributed by atoms with Crippen LogP contribution in [0.15, 0.2) is 36.4 Å². The first-order valence-corrected chi connectivity index (χ1v) is 5.81. The minimum atomic E-state index is -0.899. The zero-order valence-corrected chi connectivity index (χ0v) is 9.95. The molecule has 3 rings (SSSR count). The second-order valence-corrected chi connectivity index (χ2v) is 4.27. The van der Waals surface area contributed by atoms with Gasteiger partial charge in [0.2, 0.25) is 0 Å². The Morgan fingerprint density at radius 2 is 1.74 bits per heavy atom. The number of benzene rings is 2. The number of aromatic amines is 1. The molecule has 0 fully saturated rings. The van der Waals surface area contributed by atoms with Crippen molar-refractivity contribution in [2.24, 2.45) is 5.73 Å². The molecule has 0 saturated heterocycles. The van der Waals surface area contributed by atoms with E-state index in [0.29, 0.717) is 23.4 Å². The Morgan fingerprint density at radius 3 is 2.42 bits per heavy atom. The van der Waals surface area contributed by atoms with Crippen molar-refractivity contribution in [3.63, 3.8) is 0 Å². The minimum absolute atomic E-state index is 0.400. The lowest BCUT2D eigenvalue weighted by Crippen LogP contribution is -1.95. The number of hydrogen-bond donors (Lipinski definition) is 2. The fourth-order valence-electron chi connectivity index (χ4n) is 1.94. The fourth-order valence-corrected chi connectivity index (χ4v) is 1.94. The number of nitrogens with two attached hydrogens (primary N) is 1. The van der Waals surface area contributed by atoms with Gasteiger partial charge in [-0.05, 0) is 5.56 Å². The molecule has 0 spiro atoms. The van der Waals surface area contributed by atoms with Crippen molar-refractivity contribution in [1.82, 2.24) is 9.97 Å². The third-order valence-corrected chi connectivity index (χ3v) is 2.99. The van der Waals surface area contributed by atoms with Crippen LogP contribution in [0.3, 0.4) is 0 Å². The summed E-state index contributed by atoms with van der Waals surface area (Å²) < 4.78 is 26.2. The Bertz CT molecular complexity index is 693. The summed E-state index contributed by atoms with van der Waals surface area (Å²) in [6.07, 6.45) is 0. The van der Waals surface area contributed by atoms with E-state index in [1.807, 2.05) is 24.3 Å². The predicted molar refractivity (Wildman–Crippen MR) is 69.3 cm³/mol. The van der Waals surface area contributed by atoms with E-state index in [4.69, 9.17) is 5.73 Å². The van der Waals surface area contributed by atoms with Crippen molar-refractivity contribution in [2.75, 3.05) is 0 Å². The van der Waals surface area contributed by atoms with Crippen LogP contribution in [-0.2, 0) is 6.54 Å². The molecule has 0 radical (unpaired) electrons. The second-order valence-electron chi connectivity index (χ2n) is 4.27. The van der Waals surface area contributed by atoms with Crippen LogP contribution in [0, 0.1) is 11.6 Å². The molecule has 96 valence electrons. The van der Waals surface area contributed by atoms with E-state index in [-0.39, 0.29) is 0 Å². The molecule has 3 N–H and O–H groups in total. The Morgan fingerprint density at radius 1 is 1.05 bits per heavy atom. The van der Waals surface area contributed by atoms with Gasteiger partial charge >= 0.3 is 0 Å². The lowest BCUT2D eigenvalue weighted by atomic mass is 10.1. The summed E-state index contributed by atoms with van der Waals surface area (Å²) >= 11 is 0. The molecule has 0 unspecified atom stereocenters. The minimum Gasteiger partial charge on any atom is -0.338 e. The summed E-state index contributed by atoms with van der Waals surface area (Å²) in [6.45, 7) is 0.469. The number of aromatic nitrogens is 2. The molecule has 0 aliphatic carbocycles. The van der Waals surface area contributed by atoms with Crippen molar-refractivity contribution in [3.8, 4) is 11.4 Å². The van der Waals surface area contributed by atoms with Crippen LogP contribution in [0.5, 0.6) is 0 Å². The zero-order valence-electron chi connectivity index (χ0n) is 9.95.